The van der Waals surface area contributed by atoms with Crippen molar-refractivity contribution in [1.82, 2.24) is 5.32 Å². The first-order chi connectivity index (χ1) is 9.11. The molecule has 0 saturated heterocycles. The molecule has 0 bridgehead atoms. The molecule has 4 nitrogen and oxygen atoms in total. The lowest BCUT2D eigenvalue weighted by molar-refractivity contribution is 0.271. The fourth-order valence-corrected chi connectivity index (χ4v) is 1.41. The average Bonchev–Trinajstić information content (AvgIpc) is 2.41. The van der Waals surface area contributed by atoms with Crippen LogP contribution in [0.3, 0.4) is 0 Å². The molecule has 3 N–H and O–H groups in total. The van der Waals surface area contributed by atoms with Gasteiger partial charge in [0.1, 0.15) is 5.75 Å². The number of benzene rings is 1. The third-order valence-electron chi connectivity index (χ3n) is 2.34. The van der Waals surface area contributed by atoms with Gasteiger partial charge < -0.3 is 15.8 Å². The third-order valence-corrected chi connectivity index (χ3v) is 2.34. The van der Waals surface area contributed by atoms with Crippen molar-refractivity contribution in [2.45, 2.75) is 20.4 Å². The van der Waals surface area contributed by atoms with Gasteiger partial charge in [0.05, 0.1) is 13.2 Å². The number of guanidine groups is 1. The molecule has 0 aliphatic heterocycles. The number of aliphatic imine (C=N–C) groups is 1. The summed E-state index contributed by atoms with van der Waals surface area (Å²) >= 11 is 0. The first-order valence-corrected chi connectivity index (χ1v) is 6.48. The maximum atomic E-state index is 5.70. The van der Waals surface area contributed by atoms with Crippen LogP contribution in [0.4, 0.5) is 0 Å². The minimum absolute atomic E-state index is 0. The van der Waals surface area contributed by atoms with Crippen molar-refractivity contribution < 1.29 is 4.74 Å². The van der Waals surface area contributed by atoms with Crippen LogP contribution in [0.25, 0.3) is 0 Å². The van der Waals surface area contributed by atoms with Crippen molar-refractivity contribution in [2.75, 3.05) is 13.2 Å². The topological polar surface area (TPSA) is 59.6 Å². The number of hydrogen-bond acceptors (Lipinski definition) is 2. The molecule has 5 heteroatoms. The lowest BCUT2D eigenvalue weighted by Crippen LogP contribution is -2.31. The number of hydrogen-bond donors (Lipinski definition) is 2. The zero-order valence-electron chi connectivity index (χ0n) is 12.1. The van der Waals surface area contributed by atoms with Gasteiger partial charge in [0.25, 0.3) is 0 Å². The summed E-state index contributed by atoms with van der Waals surface area (Å²) in [6.07, 6.45) is 1.74. The molecule has 0 fully saturated rings. The maximum absolute atomic E-state index is 5.70. The second kappa shape index (κ2) is 10.5. The largest absolute Gasteiger partial charge is 0.493 e. The van der Waals surface area contributed by atoms with Gasteiger partial charge in [-0.05, 0) is 23.6 Å². The zero-order chi connectivity index (χ0) is 14.1. The van der Waals surface area contributed by atoms with E-state index in [4.69, 9.17) is 10.5 Å². The summed E-state index contributed by atoms with van der Waals surface area (Å²) in [6, 6.07) is 7.92. The van der Waals surface area contributed by atoms with Gasteiger partial charge in [-0.3, -0.25) is 0 Å². The standard InChI is InChI=1S/C15H23N3O.HI/c1-4-8-17-15(16)18-10-13-6-5-7-14(9-13)19-11-12(2)3;/h4-7,9,12H,1,8,10-11H2,2-3H3,(H3,16,17,18);1H. The molecule has 0 aliphatic carbocycles. The van der Waals surface area contributed by atoms with Crippen LogP contribution in [0.15, 0.2) is 41.9 Å². The van der Waals surface area contributed by atoms with Gasteiger partial charge in [-0.1, -0.05) is 32.1 Å². The molecule has 1 aromatic carbocycles. The predicted molar refractivity (Wildman–Crippen MR) is 95.7 cm³/mol. The van der Waals surface area contributed by atoms with Gasteiger partial charge in [0, 0.05) is 6.54 Å². The fraction of sp³-hybridized carbons (Fsp3) is 0.400. The smallest absolute Gasteiger partial charge is 0.189 e. The Labute approximate surface area is 138 Å². The summed E-state index contributed by atoms with van der Waals surface area (Å²) in [5, 5.41) is 2.94. The van der Waals surface area contributed by atoms with Gasteiger partial charge in [-0.25, -0.2) is 4.99 Å². The van der Waals surface area contributed by atoms with E-state index in [-0.39, 0.29) is 24.0 Å². The Hall–Kier alpha value is -1.24. The molecule has 0 saturated carbocycles. The summed E-state index contributed by atoms with van der Waals surface area (Å²) < 4.78 is 5.67. The van der Waals surface area contributed by atoms with Crippen LogP contribution in [-0.2, 0) is 6.54 Å². The van der Waals surface area contributed by atoms with Gasteiger partial charge in [-0.2, -0.15) is 0 Å². The van der Waals surface area contributed by atoms with Crippen LogP contribution in [0.1, 0.15) is 19.4 Å². The molecule has 0 radical (unpaired) electrons. The number of nitrogens with two attached hydrogens (primary N) is 1. The molecule has 0 unspecified atom stereocenters. The average molecular weight is 389 g/mol. The van der Waals surface area contributed by atoms with E-state index in [0.29, 0.717) is 25.0 Å². The highest BCUT2D eigenvalue weighted by Gasteiger charge is 1.99. The second-order valence-electron chi connectivity index (χ2n) is 4.72. The van der Waals surface area contributed by atoms with Crippen molar-refractivity contribution in [2.24, 2.45) is 16.6 Å². The van der Waals surface area contributed by atoms with Crippen LogP contribution in [0.5, 0.6) is 5.75 Å². The van der Waals surface area contributed by atoms with E-state index >= 15 is 0 Å². The first-order valence-electron chi connectivity index (χ1n) is 6.48. The Balaban J connectivity index is 0.00000361. The summed E-state index contributed by atoms with van der Waals surface area (Å²) in [7, 11) is 0. The summed E-state index contributed by atoms with van der Waals surface area (Å²) in [4.78, 5) is 4.25. The Kier molecular flexibility index (Phi) is 9.88. The van der Waals surface area contributed by atoms with Crippen LogP contribution < -0.4 is 15.8 Å². The second-order valence-corrected chi connectivity index (χ2v) is 4.72. The summed E-state index contributed by atoms with van der Waals surface area (Å²) in [5.74, 6) is 1.81. The van der Waals surface area contributed by atoms with Crippen LogP contribution in [-0.4, -0.2) is 19.1 Å². The monoisotopic (exact) mass is 389 g/mol. The number of rotatable bonds is 7. The van der Waals surface area contributed by atoms with Gasteiger partial charge in [0.15, 0.2) is 5.96 Å². The fourth-order valence-electron chi connectivity index (χ4n) is 1.41. The molecule has 112 valence electrons. The van der Waals surface area contributed by atoms with Crippen molar-refractivity contribution >= 4 is 29.9 Å². The van der Waals surface area contributed by atoms with Gasteiger partial charge in [-0.15, -0.1) is 30.6 Å². The Morgan fingerprint density at radius 3 is 2.90 bits per heavy atom. The maximum Gasteiger partial charge on any atom is 0.189 e. The molecular formula is C15H24IN3O. The normalized spacial score (nSPS) is 10.8. The van der Waals surface area contributed by atoms with Gasteiger partial charge in [0.2, 0.25) is 0 Å². The molecule has 1 aromatic rings. The first kappa shape index (κ1) is 18.8. The minimum Gasteiger partial charge on any atom is -0.493 e. The molecule has 0 atom stereocenters. The molecule has 1 rings (SSSR count). The van der Waals surface area contributed by atoms with Crippen molar-refractivity contribution in [1.29, 1.82) is 0 Å². The third kappa shape index (κ3) is 8.04. The number of nitrogens with zero attached hydrogens (tertiary/aromatic N) is 1. The van der Waals surface area contributed by atoms with E-state index in [1.54, 1.807) is 6.08 Å². The molecule has 0 aliphatic rings. The van der Waals surface area contributed by atoms with Gasteiger partial charge >= 0.3 is 0 Å². The molecule has 0 aromatic heterocycles. The zero-order valence-corrected chi connectivity index (χ0v) is 14.5. The molecular weight excluding hydrogens is 365 g/mol. The summed E-state index contributed by atoms with van der Waals surface area (Å²) in [6.45, 7) is 9.73. The SMILES string of the molecule is C=CCNC(N)=NCc1cccc(OCC(C)C)c1.I. The number of halogens is 1. The predicted octanol–water partition coefficient (Wildman–Crippen LogP) is 2.93. The van der Waals surface area contributed by atoms with E-state index in [9.17, 15) is 0 Å². The van der Waals surface area contributed by atoms with Crippen molar-refractivity contribution in [3.63, 3.8) is 0 Å². The van der Waals surface area contributed by atoms with E-state index < -0.39 is 0 Å². The molecule has 0 spiro atoms. The Bertz CT molecular complexity index is 433. The van der Waals surface area contributed by atoms with Crippen molar-refractivity contribution in [3.05, 3.63) is 42.5 Å². The lowest BCUT2D eigenvalue weighted by Gasteiger charge is -2.09. The van der Waals surface area contributed by atoms with Crippen LogP contribution in [0, 0.1) is 5.92 Å². The molecule has 0 amide bonds. The Morgan fingerprint density at radius 2 is 2.25 bits per heavy atom. The van der Waals surface area contributed by atoms with E-state index in [1.807, 2.05) is 24.3 Å². The number of ether oxygens (including phenoxy) is 1. The van der Waals surface area contributed by atoms with Crippen molar-refractivity contribution in [3.8, 4) is 5.75 Å². The summed E-state index contributed by atoms with van der Waals surface area (Å²) in [5.41, 5.74) is 6.78. The Morgan fingerprint density at radius 1 is 1.50 bits per heavy atom. The number of nitrogens with one attached hydrogen (secondary N) is 1. The van der Waals surface area contributed by atoms with E-state index in [1.165, 1.54) is 0 Å². The molecule has 0 heterocycles. The van der Waals surface area contributed by atoms with E-state index in [2.05, 4.69) is 30.7 Å². The lowest BCUT2D eigenvalue weighted by atomic mass is 10.2. The highest BCUT2D eigenvalue weighted by molar-refractivity contribution is 14.0. The highest BCUT2D eigenvalue weighted by Crippen LogP contribution is 2.14. The van der Waals surface area contributed by atoms with Crippen LogP contribution in [0.2, 0.25) is 0 Å². The quantitative estimate of drug-likeness (QED) is 0.326. The van der Waals surface area contributed by atoms with Crippen LogP contribution >= 0.6 is 24.0 Å². The highest BCUT2D eigenvalue weighted by atomic mass is 127. The minimum atomic E-state index is 0. The molecule has 20 heavy (non-hydrogen) atoms. The van der Waals surface area contributed by atoms with E-state index in [0.717, 1.165) is 17.9 Å².